The molecule has 1 aromatic heterocycles. The fourth-order valence-electron chi connectivity index (χ4n) is 2.85. The van der Waals surface area contributed by atoms with E-state index in [-0.39, 0.29) is 35.2 Å². The third-order valence-corrected chi connectivity index (χ3v) is 7.35. The summed E-state index contributed by atoms with van der Waals surface area (Å²) in [5.74, 6) is -0.483. The van der Waals surface area contributed by atoms with Gasteiger partial charge in [-0.3, -0.25) is 0 Å². The van der Waals surface area contributed by atoms with Crippen LogP contribution in [0.5, 0.6) is 0 Å². The van der Waals surface area contributed by atoms with Crippen LogP contribution in [0.4, 0.5) is 0 Å². The van der Waals surface area contributed by atoms with Crippen LogP contribution in [0.3, 0.4) is 0 Å². The Bertz CT molecular complexity index is 939. The Morgan fingerprint density at radius 2 is 1.89 bits per heavy atom. The third kappa shape index (κ3) is 4.61. The first-order valence-corrected chi connectivity index (χ1v) is 11.7. The van der Waals surface area contributed by atoms with E-state index in [1.54, 1.807) is 24.4 Å². The van der Waals surface area contributed by atoms with Gasteiger partial charge in [-0.05, 0) is 42.9 Å². The van der Waals surface area contributed by atoms with Gasteiger partial charge in [-0.2, -0.15) is 4.31 Å². The van der Waals surface area contributed by atoms with Crippen molar-refractivity contribution in [2.24, 2.45) is 0 Å². The second kappa shape index (κ2) is 7.93. The van der Waals surface area contributed by atoms with E-state index in [0.29, 0.717) is 5.01 Å². The van der Waals surface area contributed by atoms with Gasteiger partial charge in [0.25, 0.3) is 0 Å². The van der Waals surface area contributed by atoms with Crippen LogP contribution in [0.2, 0.25) is 0 Å². The molecule has 1 saturated carbocycles. The molecule has 1 aliphatic carbocycles. The van der Waals surface area contributed by atoms with Crippen LogP contribution in [0.15, 0.2) is 34.5 Å². The highest BCUT2D eigenvalue weighted by Gasteiger charge is 2.38. The largest absolute Gasteiger partial charge is 0.461 e. The predicted molar refractivity (Wildman–Crippen MR) is 109 cm³/mol. The zero-order valence-corrected chi connectivity index (χ0v) is 18.3. The summed E-state index contributed by atoms with van der Waals surface area (Å²) in [6.07, 6.45) is 1.69. The number of nitrogens with zero attached hydrogens (tertiary/aromatic N) is 2. The number of hydrogen-bond acceptors (Lipinski definition) is 6. The fraction of sp³-hybridized carbons (Fsp3) is 0.500. The van der Waals surface area contributed by atoms with Gasteiger partial charge in [0.1, 0.15) is 5.01 Å². The summed E-state index contributed by atoms with van der Waals surface area (Å²) in [5.41, 5.74) is 1.27. The van der Waals surface area contributed by atoms with Gasteiger partial charge in [-0.15, -0.1) is 11.3 Å². The van der Waals surface area contributed by atoms with Crippen LogP contribution in [0, 0.1) is 0 Å². The molecule has 1 aliphatic rings. The topological polar surface area (TPSA) is 76.6 Å². The molecule has 1 heterocycles. The number of rotatable bonds is 7. The summed E-state index contributed by atoms with van der Waals surface area (Å²) in [7, 11) is -3.64. The zero-order valence-electron chi connectivity index (χ0n) is 16.6. The first kappa shape index (κ1) is 21.0. The number of thiazole rings is 1. The number of aromatic nitrogens is 1. The molecule has 0 spiro atoms. The van der Waals surface area contributed by atoms with E-state index >= 15 is 0 Å². The second-order valence-electron chi connectivity index (χ2n) is 7.90. The lowest BCUT2D eigenvalue weighted by Crippen LogP contribution is -2.32. The molecule has 1 fully saturated rings. The summed E-state index contributed by atoms with van der Waals surface area (Å²) >= 11 is 1.28. The molecular formula is C20H26N2O4S2. The standard InChI is InChI=1S/C20H26N2O4S2/c1-5-26-19(23)17-13-27-18(21-17)12-22(15-8-9-15)28(24,25)16-10-6-14(7-11-16)20(2,3)4/h6-7,10-11,13,15H,5,8-9,12H2,1-4H3. The lowest BCUT2D eigenvalue weighted by molar-refractivity contribution is 0.0520. The molecule has 3 rings (SSSR count). The maximum atomic E-state index is 13.2. The lowest BCUT2D eigenvalue weighted by Gasteiger charge is -2.22. The van der Waals surface area contributed by atoms with Crippen molar-refractivity contribution < 1.29 is 17.9 Å². The van der Waals surface area contributed by atoms with E-state index < -0.39 is 16.0 Å². The molecule has 2 aromatic rings. The molecule has 1 aromatic carbocycles. The Morgan fingerprint density at radius 3 is 2.43 bits per heavy atom. The highest BCUT2D eigenvalue weighted by Crippen LogP contribution is 2.34. The van der Waals surface area contributed by atoms with Gasteiger partial charge in [0.15, 0.2) is 5.69 Å². The van der Waals surface area contributed by atoms with Gasteiger partial charge in [0, 0.05) is 11.4 Å². The quantitative estimate of drug-likeness (QED) is 0.631. The maximum Gasteiger partial charge on any atom is 0.357 e. The van der Waals surface area contributed by atoms with Crippen molar-refractivity contribution in [2.45, 2.75) is 63.4 Å². The number of carbonyl (C=O) groups is 1. The van der Waals surface area contributed by atoms with Crippen molar-refractivity contribution in [3.05, 3.63) is 45.9 Å². The Labute approximate surface area is 170 Å². The van der Waals surface area contributed by atoms with Crippen LogP contribution >= 0.6 is 11.3 Å². The Morgan fingerprint density at radius 1 is 1.25 bits per heavy atom. The molecule has 28 heavy (non-hydrogen) atoms. The van der Waals surface area contributed by atoms with Gasteiger partial charge in [0.2, 0.25) is 10.0 Å². The van der Waals surface area contributed by atoms with E-state index in [1.165, 1.54) is 15.6 Å². The maximum absolute atomic E-state index is 13.2. The van der Waals surface area contributed by atoms with Crippen LogP contribution < -0.4 is 0 Å². The van der Waals surface area contributed by atoms with Crippen molar-refractivity contribution in [3.63, 3.8) is 0 Å². The number of carbonyl (C=O) groups excluding carboxylic acids is 1. The Kier molecular flexibility index (Phi) is 5.93. The van der Waals surface area contributed by atoms with Crippen molar-refractivity contribution in [2.75, 3.05) is 6.61 Å². The van der Waals surface area contributed by atoms with E-state index in [2.05, 4.69) is 25.8 Å². The normalized spacial score (nSPS) is 15.0. The molecule has 0 radical (unpaired) electrons. The first-order valence-electron chi connectivity index (χ1n) is 9.37. The van der Waals surface area contributed by atoms with Gasteiger partial charge >= 0.3 is 5.97 Å². The van der Waals surface area contributed by atoms with Gasteiger partial charge < -0.3 is 4.74 Å². The van der Waals surface area contributed by atoms with Crippen molar-refractivity contribution in [3.8, 4) is 0 Å². The van der Waals surface area contributed by atoms with Crippen molar-refractivity contribution >= 4 is 27.3 Å². The van der Waals surface area contributed by atoms with E-state index in [9.17, 15) is 13.2 Å². The SMILES string of the molecule is CCOC(=O)c1csc(CN(C2CC2)S(=O)(=O)c2ccc(C(C)(C)C)cc2)n1. The van der Waals surface area contributed by atoms with E-state index in [0.717, 1.165) is 18.4 Å². The molecule has 0 bridgehead atoms. The minimum Gasteiger partial charge on any atom is -0.461 e. The molecule has 152 valence electrons. The summed E-state index contributed by atoms with van der Waals surface area (Å²) < 4.78 is 32.9. The molecular weight excluding hydrogens is 396 g/mol. The van der Waals surface area contributed by atoms with E-state index in [1.807, 2.05) is 12.1 Å². The zero-order chi connectivity index (χ0) is 20.5. The average Bonchev–Trinajstić information content (AvgIpc) is 3.36. The van der Waals surface area contributed by atoms with Crippen LogP contribution in [0.1, 0.15) is 61.6 Å². The molecule has 8 heteroatoms. The van der Waals surface area contributed by atoms with Crippen LogP contribution in [-0.2, 0) is 26.7 Å². The molecule has 6 nitrogen and oxygen atoms in total. The molecule has 0 saturated heterocycles. The van der Waals surface area contributed by atoms with Gasteiger partial charge in [0.05, 0.1) is 18.0 Å². The monoisotopic (exact) mass is 422 g/mol. The lowest BCUT2D eigenvalue weighted by atomic mass is 9.87. The molecule has 0 N–H and O–H groups in total. The highest BCUT2D eigenvalue weighted by molar-refractivity contribution is 7.89. The van der Waals surface area contributed by atoms with Crippen LogP contribution in [-0.4, -0.2) is 36.3 Å². The Hall–Kier alpha value is -1.77. The summed E-state index contributed by atoms with van der Waals surface area (Å²) in [6.45, 7) is 8.46. The van der Waals surface area contributed by atoms with Gasteiger partial charge in [-0.25, -0.2) is 18.2 Å². The summed E-state index contributed by atoms with van der Waals surface area (Å²) in [5, 5.41) is 2.20. The smallest absolute Gasteiger partial charge is 0.357 e. The third-order valence-electron chi connectivity index (χ3n) is 4.61. The van der Waals surface area contributed by atoms with E-state index in [4.69, 9.17) is 4.74 Å². The number of benzene rings is 1. The Balaban J connectivity index is 1.83. The molecule has 0 aliphatic heterocycles. The van der Waals surface area contributed by atoms with Crippen molar-refractivity contribution in [1.82, 2.24) is 9.29 Å². The van der Waals surface area contributed by atoms with Crippen molar-refractivity contribution in [1.29, 1.82) is 0 Å². The summed E-state index contributed by atoms with van der Waals surface area (Å²) in [4.78, 5) is 16.4. The average molecular weight is 423 g/mol. The fourth-order valence-corrected chi connectivity index (χ4v) is 5.34. The molecule has 0 atom stereocenters. The molecule has 0 amide bonds. The number of sulfonamides is 1. The predicted octanol–water partition coefficient (Wildman–Crippen LogP) is 3.97. The van der Waals surface area contributed by atoms with Crippen LogP contribution in [0.25, 0.3) is 0 Å². The number of hydrogen-bond donors (Lipinski definition) is 0. The molecule has 0 unspecified atom stereocenters. The highest BCUT2D eigenvalue weighted by atomic mass is 32.2. The first-order chi connectivity index (χ1) is 13.1. The summed E-state index contributed by atoms with van der Waals surface area (Å²) in [6, 6.07) is 7.09. The second-order valence-corrected chi connectivity index (χ2v) is 10.7. The number of esters is 1. The van der Waals surface area contributed by atoms with Gasteiger partial charge in [-0.1, -0.05) is 32.9 Å². The minimum absolute atomic E-state index is 0.0118. The minimum atomic E-state index is -3.64. The number of ether oxygens (including phenoxy) is 1.